The van der Waals surface area contributed by atoms with Gasteiger partial charge in [-0.05, 0) is 34.7 Å². The lowest BCUT2D eigenvalue weighted by atomic mass is 10.0. The molecule has 0 radical (unpaired) electrons. The second kappa shape index (κ2) is 3.03. The van der Waals surface area contributed by atoms with Gasteiger partial charge in [0.2, 0.25) is 0 Å². The van der Waals surface area contributed by atoms with Gasteiger partial charge in [-0.25, -0.2) is 0 Å². The van der Waals surface area contributed by atoms with E-state index in [1.165, 1.54) is 0 Å². The molecule has 2 nitrogen and oxygen atoms in total. The molecule has 0 fully saturated rings. The number of nitriles is 1. The number of hydrogen-bond acceptors (Lipinski definition) is 2. The van der Waals surface area contributed by atoms with Crippen LogP contribution < -0.4 is 0 Å². The molecule has 10 heavy (non-hydrogen) atoms. The van der Waals surface area contributed by atoms with Gasteiger partial charge in [0, 0.05) is 6.04 Å². The van der Waals surface area contributed by atoms with Gasteiger partial charge in [0.15, 0.2) is 0 Å². The van der Waals surface area contributed by atoms with Crippen molar-refractivity contribution in [1.82, 2.24) is 4.90 Å². The second-order valence-corrected chi connectivity index (χ2v) is 3.38. The first kappa shape index (κ1) is 9.45. The van der Waals surface area contributed by atoms with Crippen LogP contribution in [0.3, 0.4) is 0 Å². The van der Waals surface area contributed by atoms with Crippen LogP contribution in [0, 0.1) is 11.3 Å². The van der Waals surface area contributed by atoms with Crippen molar-refractivity contribution < 1.29 is 0 Å². The standard InChI is InChI=1S/C8H16N2/c1-7(2)10(5)8(3,4)6-9/h7H,1-5H3. The lowest BCUT2D eigenvalue weighted by Gasteiger charge is -2.32. The predicted molar refractivity (Wildman–Crippen MR) is 42.6 cm³/mol. The molecule has 0 saturated carbocycles. The fourth-order valence-corrected chi connectivity index (χ4v) is 0.724. The Morgan fingerprint density at radius 2 is 1.80 bits per heavy atom. The van der Waals surface area contributed by atoms with Crippen LogP contribution in [0.1, 0.15) is 27.7 Å². The highest BCUT2D eigenvalue weighted by molar-refractivity contribution is 5.01. The van der Waals surface area contributed by atoms with Gasteiger partial charge >= 0.3 is 0 Å². The summed E-state index contributed by atoms with van der Waals surface area (Å²) in [6.07, 6.45) is 0. The summed E-state index contributed by atoms with van der Waals surface area (Å²) in [4.78, 5) is 2.05. The van der Waals surface area contributed by atoms with Crippen molar-refractivity contribution in [3.05, 3.63) is 0 Å². The van der Waals surface area contributed by atoms with Crippen LogP contribution >= 0.6 is 0 Å². The molecule has 0 atom stereocenters. The maximum atomic E-state index is 8.72. The number of nitrogens with zero attached hydrogens (tertiary/aromatic N) is 2. The monoisotopic (exact) mass is 140 g/mol. The van der Waals surface area contributed by atoms with Crippen molar-refractivity contribution in [1.29, 1.82) is 5.26 Å². The summed E-state index contributed by atoms with van der Waals surface area (Å²) >= 11 is 0. The zero-order valence-corrected chi connectivity index (χ0v) is 7.47. The molecule has 0 N–H and O–H groups in total. The third kappa shape index (κ3) is 2.00. The normalized spacial score (nSPS) is 12.2. The lowest BCUT2D eigenvalue weighted by molar-refractivity contribution is 0.167. The summed E-state index contributed by atoms with van der Waals surface area (Å²) in [6, 6.07) is 2.67. The first-order valence-electron chi connectivity index (χ1n) is 3.56. The fourth-order valence-electron chi connectivity index (χ4n) is 0.724. The van der Waals surface area contributed by atoms with E-state index in [1.807, 2.05) is 25.8 Å². The molecule has 2 heteroatoms. The topological polar surface area (TPSA) is 27.0 Å². The Morgan fingerprint density at radius 1 is 1.40 bits per heavy atom. The Labute approximate surface area is 63.4 Å². The van der Waals surface area contributed by atoms with Crippen molar-refractivity contribution in [2.75, 3.05) is 7.05 Å². The van der Waals surface area contributed by atoms with Crippen LogP contribution in [-0.4, -0.2) is 23.5 Å². The summed E-state index contributed by atoms with van der Waals surface area (Å²) in [5, 5.41) is 8.72. The molecule has 0 aliphatic heterocycles. The minimum atomic E-state index is -0.339. The van der Waals surface area contributed by atoms with Gasteiger partial charge in [0.05, 0.1) is 6.07 Å². The van der Waals surface area contributed by atoms with Crippen LogP contribution in [0.5, 0.6) is 0 Å². The Hall–Kier alpha value is -0.550. The van der Waals surface area contributed by atoms with Gasteiger partial charge in [0.1, 0.15) is 5.54 Å². The molecule has 0 spiro atoms. The smallest absolute Gasteiger partial charge is 0.103 e. The van der Waals surface area contributed by atoms with E-state index < -0.39 is 0 Å². The number of hydrogen-bond donors (Lipinski definition) is 0. The van der Waals surface area contributed by atoms with Gasteiger partial charge in [0.25, 0.3) is 0 Å². The van der Waals surface area contributed by atoms with E-state index in [9.17, 15) is 0 Å². The van der Waals surface area contributed by atoms with Crippen LogP contribution in [-0.2, 0) is 0 Å². The largest absolute Gasteiger partial charge is 0.287 e. The van der Waals surface area contributed by atoms with E-state index in [4.69, 9.17) is 5.26 Å². The molecule has 0 aliphatic carbocycles. The minimum Gasteiger partial charge on any atom is -0.287 e. The first-order chi connectivity index (χ1) is 4.41. The summed E-state index contributed by atoms with van der Waals surface area (Å²) < 4.78 is 0. The zero-order valence-electron chi connectivity index (χ0n) is 7.47. The highest BCUT2D eigenvalue weighted by Crippen LogP contribution is 2.12. The van der Waals surface area contributed by atoms with Gasteiger partial charge in [-0.3, -0.25) is 4.90 Å². The Morgan fingerprint density at radius 3 is 1.90 bits per heavy atom. The highest BCUT2D eigenvalue weighted by atomic mass is 15.2. The Bertz CT molecular complexity index is 142. The van der Waals surface area contributed by atoms with Crippen molar-refractivity contribution in [2.24, 2.45) is 0 Å². The molecular formula is C8H16N2. The van der Waals surface area contributed by atoms with E-state index in [2.05, 4.69) is 19.9 Å². The summed E-state index contributed by atoms with van der Waals surface area (Å²) in [5.41, 5.74) is -0.339. The van der Waals surface area contributed by atoms with Crippen LogP contribution in [0.15, 0.2) is 0 Å². The predicted octanol–water partition coefficient (Wildman–Crippen LogP) is 1.63. The lowest BCUT2D eigenvalue weighted by Crippen LogP contribution is -2.43. The maximum Gasteiger partial charge on any atom is 0.103 e. The molecule has 0 aromatic rings. The summed E-state index contributed by atoms with van der Waals surface area (Å²) in [6.45, 7) is 8.01. The fraction of sp³-hybridized carbons (Fsp3) is 0.875. The minimum absolute atomic E-state index is 0.339. The van der Waals surface area contributed by atoms with E-state index in [0.29, 0.717) is 6.04 Å². The highest BCUT2D eigenvalue weighted by Gasteiger charge is 2.24. The van der Waals surface area contributed by atoms with Crippen LogP contribution in [0.25, 0.3) is 0 Å². The molecule has 0 rings (SSSR count). The van der Waals surface area contributed by atoms with Gasteiger partial charge in [-0.15, -0.1) is 0 Å². The molecule has 0 heterocycles. The molecule has 58 valence electrons. The molecule has 0 aromatic heterocycles. The molecule has 0 aliphatic rings. The third-order valence-electron chi connectivity index (χ3n) is 1.93. The molecule has 0 aromatic carbocycles. The molecule has 0 bridgehead atoms. The van der Waals surface area contributed by atoms with E-state index in [1.54, 1.807) is 0 Å². The van der Waals surface area contributed by atoms with Crippen LogP contribution in [0.2, 0.25) is 0 Å². The summed E-state index contributed by atoms with van der Waals surface area (Å²) in [7, 11) is 1.97. The quantitative estimate of drug-likeness (QED) is 0.583. The zero-order chi connectivity index (χ0) is 8.36. The van der Waals surface area contributed by atoms with Crippen LogP contribution in [0.4, 0.5) is 0 Å². The molecule has 0 amide bonds. The van der Waals surface area contributed by atoms with Gasteiger partial charge < -0.3 is 0 Å². The molecule has 0 saturated heterocycles. The van der Waals surface area contributed by atoms with Crippen molar-refractivity contribution >= 4 is 0 Å². The Balaban J connectivity index is 4.22. The third-order valence-corrected chi connectivity index (χ3v) is 1.93. The average Bonchev–Trinajstić information content (AvgIpc) is 1.86. The Kier molecular flexibility index (Phi) is 2.86. The van der Waals surface area contributed by atoms with E-state index >= 15 is 0 Å². The van der Waals surface area contributed by atoms with Gasteiger partial charge in [-0.2, -0.15) is 5.26 Å². The first-order valence-corrected chi connectivity index (χ1v) is 3.56. The van der Waals surface area contributed by atoms with Gasteiger partial charge in [-0.1, -0.05) is 0 Å². The van der Waals surface area contributed by atoms with Crippen molar-refractivity contribution in [3.63, 3.8) is 0 Å². The maximum absolute atomic E-state index is 8.72. The molecular weight excluding hydrogens is 124 g/mol. The molecule has 0 unspecified atom stereocenters. The van der Waals surface area contributed by atoms with E-state index in [-0.39, 0.29) is 5.54 Å². The van der Waals surface area contributed by atoms with E-state index in [0.717, 1.165) is 0 Å². The average molecular weight is 140 g/mol. The van der Waals surface area contributed by atoms with Crippen molar-refractivity contribution in [2.45, 2.75) is 39.3 Å². The second-order valence-electron chi connectivity index (χ2n) is 3.38. The SMILES string of the molecule is CC(C)N(C)C(C)(C)C#N. The summed E-state index contributed by atoms with van der Waals surface area (Å²) in [5.74, 6) is 0. The van der Waals surface area contributed by atoms with Crippen molar-refractivity contribution in [3.8, 4) is 6.07 Å². The number of rotatable bonds is 2.